The van der Waals surface area contributed by atoms with E-state index in [2.05, 4.69) is 17.1 Å². The molecule has 1 aliphatic heterocycles. The maximum Gasteiger partial charge on any atom is 0.0710 e. The van der Waals surface area contributed by atoms with E-state index < -0.39 is 0 Å². The minimum absolute atomic E-state index is 0.105. The van der Waals surface area contributed by atoms with Crippen molar-refractivity contribution >= 4 is 0 Å². The SMILES string of the molecule is COC1CCN(CCC(C)(CO)NC2CC2)C1. The summed E-state index contributed by atoms with van der Waals surface area (Å²) in [6.45, 7) is 5.59. The normalized spacial score (nSPS) is 29.5. The highest BCUT2D eigenvalue weighted by atomic mass is 16.5. The Bertz CT molecular complexity index is 246. The molecule has 0 radical (unpaired) electrons. The fourth-order valence-electron chi connectivity index (χ4n) is 2.51. The Kier molecular flexibility index (Phi) is 4.42. The first kappa shape index (κ1) is 13.3. The standard InChI is InChI=1S/C13H26N2O2/c1-13(10-16,14-11-3-4-11)6-8-15-7-5-12(9-15)17-2/h11-12,14,16H,3-10H2,1-2H3. The van der Waals surface area contributed by atoms with Gasteiger partial charge < -0.3 is 20.1 Å². The van der Waals surface area contributed by atoms with Crippen molar-refractivity contribution in [3.8, 4) is 0 Å². The molecule has 1 heterocycles. The van der Waals surface area contributed by atoms with Crippen LogP contribution in [0.25, 0.3) is 0 Å². The van der Waals surface area contributed by atoms with Gasteiger partial charge in [0.1, 0.15) is 0 Å². The molecule has 0 aromatic rings. The average Bonchev–Trinajstić information content (AvgIpc) is 3.02. The molecule has 4 nitrogen and oxygen atoms in total. The van der Waals surface area contributed by atoms with Gasteiger partial charge in [0.15, 0.2) is 0 Å². The minimum atomic E-state index is -0.105. The van der Waals surface area contributed by atoms with E-state index in [4.69, 9.17) is 4.74 Å². The number of nitrogens with one attached hydrogen (secondary N) is 1. The molecule has 100 valence electrons. The Balaban J connectivity index is 1.71. The predicted octanol–water partition coefficient (Wildman–Crippen LogP) is 0.600. The minimum Gasteiger partial charge on any atom is -0.394 e. The van der Waals surface area contributed by atoms with Crippen molar-refractivity contribution in [3.05, 3.63) is 0 Å². The summed E-state index contributed by atoms with van der Waals surface area (Å²) in [4.78, 5) is 2.44. The number of aliphatic hydroxyl groups excluding tert-OH is 1. The van der Waals surface area contributed by atoms with E-state index in [1.54, 1.807) is 7.11 Å². The van der Waals surface area contributed by atoms with Crippen LogP contribution in [-0.2, 0) is 4.74 Å². The van der Waals surface area contributed by atoms with Crippen LogP contribution < -0.4 is 5.32 Å². The Morgan fingerprint density at radius 2 is 2.18 bits per heavy atom. The lowest BCUT2D eigenvalue weighted by Crippen LogP contribution is -2.49. The van der Waals surface area contributed by atoms with E-state index in [1.807, 2.05) is 0 Å². The molecule has 1 saturated heterocycles. The van der Waals surface area contributed by atoms with Crippen LogP contribution >= 0.6 is 0 Å². The number of hydrogen-bond donors (Lipinski definition) is 2. The maximum absolute atomic E-state index is 9.53. The summed E-state index contributed by atoms with van der Waals surface area (Å²) in [5, 5.41) is 13.1. The number of rotatable bonds is 7. The Hall–Kier alpha value is -0.160. The molecule has 2 unspecified atom stereocenters. The Morgan fingerprint density at radius 1 is 1.41 bits per heavy atom. The van der Waals surface area contributed by atoms with Gasteiger partial charge in [0, 0.05) is 38.3 Å². The smallest absolute Gasteiger partial charge is 0.0710 e. The van der Waals surface area contributed by atoms with Crippen LogP contribution in [-0.4, -0.2) is 61.0 Å². The van der Waals surface area contributed by atoms with Gasteiger partial charge in [-0.15, -0.1) is 0 Å². The Labute approximate surface area is 104 Å². The zero-order valence-electron chi connectivity index (χ0n) is 11.1. The van der Waals surface area contributed by atoms with Crippen LogP contribution in [0.2, 0.25) is 0 Å². The first-order valence-electron chi connectivity index (χ1n) is 6.79. The summed E-state index contributed by atoms with van der Waals surface area (Å²) in [6, 6.07) is 0.650. The van der Waals surface area contributed by atoms with Crippen molar-refractivity contribution in [2.45, 2.75) is 50.3 Å². The molecule has 2 atom stereocenters. The number of ether oxygens (including phenoxy) is 1. The number of methoxy groups -OCH3 is 1. The van der Waals surface area contributed by atoms with Crippen LogP contribution in [0.1, 0.15) is 32.6 Å². The van der Waals surface area contributed by atoms with Crippen LogP contribution in [0.15, 0.2) is 0 Å². The molecule has 1 aliphatic carbocycles. The monoisotopic (exact) mass is 242 g/mol. The number of likely N-dealkylation sites (tertiary alicyclic amines) is 1. The second-order valence-electron chi connectivity index (χ2n) is 5.83. The zero-order valence-corrected chi connectivity index (χ0v) is 11.1. The van der Waals surface area contributed by atoms with E-state index >= 15 is 0 Å². The van der Waals surface area contributed by atoms with Gasteiger partial charge in [0.25, 0.3) is 0 Å². The van der Waals surface area contributed by atoms with Gasteiger partial charge in [0.05, 0.1) is 12.7 Å². The first-order chi connectivity index (χ1) is 8.15. The molecule has 1 saturated carbocycles. The molecule has 4 heteroatoms. The largest absolute Gasteiger partial charge is 0.394 e. The molecule has 0 amide bonds. The molecule has 2 aliphatic rings. The molecule has 2 N–H and O–H groups in total. The van der Waals surface area contributed by atoms with Crippen molar-refractivity contribution in [3.63, 3.8) is 0 Å². The molecule has 0 bridgehead atoms. The van der Waals surface area contributed by atoms with Gasteiger partial charge >= 0.3 is 0 Å². The van der Waals surface area contributed by atoms with Crippen LogP contribution in [0.5, 0.6) is 0 Å². The van der Waals surface area contributed by atoms with E-state index in [-0.39, 0.29) is 12.1 Å². The third-order valence-electron chi connectivity index (χ3n) is 4.02. The van der Waals surface area contributed by atoms with Gasteiger partial charge in [0.2, 0.25) is 0 Å². The summed E-state index contributed by atoms with van der Waals surface area (Å²) in [5.74, 6) is 0. The quantitative estimate of drug-likeness (QED) is 0.686. The zero-order chi connectivity index (χ0) is 12.3. The second-order valence-corrected chi connectivity index (χ2v) is 5.83. The highest BCUT2D eigenvalue weighted by molar-refractivity contribution is 4.93. The van der Waals surface area contributed by atoms with E-state index in [9.17, 15) is 5.11 Å². The topological polar surface area (TPSA) is 44.7 Å². The summed E-state index contributed by atoms with van der Waals surface area (Å²) in [6.07, 6.45) is 5.10. The summed E-state index contributed by atoms with van der Waals surface area (Å²) < 4.78 is 5.37. The van der Waals surface area contributed by atoms with Gasteiger partial charge in [-0.1, -0.05) is 0 Å². The Morgan fingerprint density at radius 3 is 2.71 bits per heavy atom. The number of hydrogen-bond acceptors (Lipinski definition) is 4. The molecule has 2 fully saturated rings. The van der Waals surface area contributed by atoms with Crippen LogP contribution in [0, 0.1) is 0 Å². The van der Waals surface area contributed by atoms with E-state index in [0.717, 1.165) is 32.5 Å². The third-order valence-corrected chi connectivity index (χ3v) is 4.02. The molecule has 17 heavy (non-hydrogen) atoms. The second kappa shape index (κ2) is 5.65. The van der Waals surface area contributed by atoms with Crippen LogP contribution in [0.3, 0.4) is 0 Å². The summed E-state index contributed by atoms with van der Waals surface area (Å²) >= 11 is 0. The van der Waals surface area contributed by atoms with Gasteiger partial charge in [-0.25, -0.2) is 0 Å². The van der Waals surface area contributed by atoms with Crippen molar-refractivity contribution in [1.82, 2.24) is 10.2 Å². The maximum atomic E-state index is 9.53. The predicted molar refractivity (Wildman–Crippen MR) is 68.1 cm³/mol. The highest BCUT2D eigenvalue weighted by Crippen LogP contribution is 2.24. The number of nitrogens with zero attached hydrogens (tertiary/aromatic N) is 1. The van der Waals surface area contributed by atoms with Crippen molar-refractivity contribution in [2.75, 3.05) is 33.4 Å². The molecule has 2 rings (SSSR count). The van der Waals surface area contributed by atoms with Crippen molar-refractivity contribution in [1.29, 1.82) is 0 Å². The van der Waals surface area contributed by atoms with Gasteiger partial charge in [-0.3, -0.25) is 0 Å². The fraction of sp³-hybridized carbons (Fsp3) is 1.00. The molecule has 0 spiro atoms. The first-order valence-corrected chi connectivity index (χ1v) is 6.79. The highest BCUT2D eigenvalue weighted by Gasteiger charge is 2.32. The summed E-state index contributed by atoms with van der Waals surface area (Å²) in [7, 11) is 1.79. The van der Waals surface area contributed by atoms with Crippen molar-refractivity contribution < 1.29 is 9.84 Å². The van der Waals surface area contributed by atoms with Crippen molar-refractivity contribution in [2.24, 2.45) is 0 Å². The molecule has 0 aromatic carbocycles. The lowest BCUT2D eigenvalue weighted by molar-refractivity contribution is 0.103. The summed E-state index contributed by atoms with van der Waals surface area (Å²) in [5.41, 5.74) is -0.105. The third kappa shape index (κ3) is 3.91. The van der Waals surface area contributed by atoms with E-state index in [0.29, 0.717) is 12.1 Å². The van der Waals surface area contributed by atoms with Gasteiger partial charge in [-0.2, -0.15) is 0 Å². The molecular weight excluding hydrogens is 216 g/mol. The lowest BCUT2D eigenvalue weighted by Gasteiger charge is -2.31. The fourth-order valence-corrected chi connectivity index (χ4v) is 2.51. The molecular formula is C13H26N2O2. The molecule has 0 aromatic heterocycles. The lowest BCUT2D eigenvalue weighted by atomic mass is 9.98. The van der Waals surface area contributed by atoms with E-state index in [1.165, 1.54) is 12.8 Å². The average molecular weight is 242 g/mol. The van der Waals surface area contributed by atoms with Gasteiger partial charge in [-0.05, 0) is 32.6 Å². The van der Waals surface area contributed by atoms with Crippen LogP contribution in [0.4, 0.5) is 0 Å². The number of aliphatic hydroxyl groups is 1.